The molecule has 2 N–H and O–H groups in total. The van der Waals surface area contributed by atoms with Crippen LogP contribution in [0.1, 0.15) is 22.7 Å². The monoisotopic (exact) mass is 354 g/mol. The van der Waals surface area contributed by atoms with E-state index in [0.29, 0.717) is 12.4 Å². The summed E-state index contributed by atoms with van der Waals surface area (Å²) in [7, 11) is 0. The summed E-state index contributed by atoms with van der Waals surface area (Å²) in [5.74, 6) is 0.471. The summed E-state index contributed by atoms with van der Waals surface area (Å²) < 4.78 is 0. The van der Waals surface area contributed by atoms with Crippen molar-refractivity contribution in [2.45, 2.75) is 12.6 Å². The molecule has 132 valence electrons. The van der Waals surface area contributed by atoms with Crippen LogP contribution in [-0.4, -0.2) is 23.7 Å². The van der Waals surface area contributed by atoms with Crippen molar-refractivity contribution in [3.05, 3.63) is 77.5 Å². The minimum Gasteiger partial charge on any atom is -0.309 e. The van der Waals surface area contributed by atoms with Gasteiger partial charge in [0.2, 0.25) is 5.91 Å². The quantitative estimate of drug-likeness (QED) is 0.757. The maximum atomic E-state index is 12.7. The molecule has 2 aliphatic rings. The SMILES string of the molecule is O=C(Nc1cc2cc(C3=CCN=C3)ccc2cn1)C1NCc2ccccc21. The molecule has 0 saturated carbocycles. The van der Waals surface area contributed by atoms with Gasteiger partial charge in [-0.25, -0.2) is 4.98 Å². The van der Waals surface area contributed by atoms with E-state index < -0.39 is 0 Å². The van der Waals surface area contributed by atoms with Crippen LogP contribution in [0.4, 0.5) is 5.82 Å². The molecule has 5 heteroatoms. The minimum atomic E-state index is -0.343. The van der Waals surface area contributed by atoms with Gasteiger partial charge in [0.25, 0.3) is 0 Å². The van der Waals surface area contributed by atoms with Crippen molar-refractivity contribution in [2.75, 3.05) is 11.9 Å². The van der Waals surface area contributed by atoms with E-state index in [-0.39, 0.29) is 11.9 Å². The summed E-state index contributed by atoms with van der Waals surface area (Å²) in [5, 5.41) is 8.30. The Labute approximate surface area is 156 Å². The zero-order valence-corrected chi connectivity index (χ0v) is 14.6. The molecule has 0 fully saturated rings. The predicted molar refractivity (Wildman–Crippen MR) is 108 cm³/mol. The largest absolute Gasteiger partial charge is 0.309 e. The number of fused-ring (bicyclic) bond motifs is 2. The standard InChI is InChI=1S/C22H18N4O/c27-22(21-19-4-2-1-3-17(19)13-25-21)26-20-10-18-9-14(16-7-8-23-11-16)5-6-15(18)12-24-20/h1-7,9-12,21,25H,8,13H2,(H,24,26,27). The molecule has 1 unspecified atom stereocenters. The Morgan fingerprint density at radius 1 is 1.11 bits per heavy atom. The van der Waals surface area contributed by atoms with Gasteiger partial charge in [-0.15, -0.1) is 0 Å². The molecule has 27 heavy (non-hydrogen) atoms. The predicted octanol–water partition coefficient (Wildman–Crippen LogP) is 3.49. The fourth-order valence-corrected chi connectivity index (χ4v) is 3.67. The molecule has 2 aromatic carbocycles. The molecular weight excluding hydrogens is 336 g/mol. The topological polar surface area (TPSA) is 66.4 Å². The lowest BCUT2D eigenvalue weighted by Gasteiger charge is -2.13. The van der Waals surface area contributed by atoms with Crippen LogP contribution in [0.5, 0.6) is 0 Å². The van der Waals surface area contributed by atoms with Crippen molar-refractivity contribution in [3.8, 4) is 0 Å². The smallest absolute Gasteiger partial charge is 0.247 e. The second-order valence-corrected chi connectivity index (χ2v) is 6.79. The third-order valence-corrected chi connectivity index (χ3v) is 5.08. The van der Waals surface area contributed by atoms with Crippen LogP contribution >= 0.6 is 0 Å². The number of aromatic nitrogens is 1. The van der Waals surface area contributed by atoms with Crippen molar-refractivity contribution >= 4 is 34.3 Å². The van der Waals surface area contributed by atoms with Gasteiger partial charge in [0, 0.05) is 24.3 Å². The highest BCUT2D eigenvalue weighted by Crippen LogP contribution is 2.27. The van der Waals surface area contributed by atoms with E-state index in [2.05, 4.69) is 38.8 Å². The van der Waals surface area contributed by atoms with Crippen LogP contribution in [0.25, 0.3) is 16.3 Å². The molecule has 3 heterocycles. The molecule has 1 atom stereocenters. The number of carbonyl (C=O) groups excluding carboxylic acids is 1. The molecule has 3 aromatic rings. The number of benzene rings is 2. The third kappa shape index (κ3) is 2.92. The number of hydrogen-bond donors (Lipinski definition) is 2. The van der Waals surface area contributed by atoms with Crippen LogP contribution in [0.2, 0.25) is 0 Å². The zero-order chi connectivity index (χ0) is 18.2. The van der Waals surface area contributed by atoms with E-state index in [4.69, 9.17) is 0 Å². The summed E-state index contributed by atoms with van der Waals surface area (Å²) in [6.45, 7) is 1.44. The lowest BCUT2D eigenvalue weighted by Crippen LogP contribution is -2.28. The minimum absolute atomic E-state index is 0.0893. The van der Waals surface area contributed by atoms with Gasteiger partial charge < -0.3 is 5.32 Å². The Bertz CT molecular complexity index is 1120. The van der Waals surface area contributed by atoms with Crippen LogP contribution in [0, 0.1) is 0 Å². The molecule has 0 bridgehead atoms. The second kappa shape index (κ2) is 6.45. The zero-order valence-electron chi connectivity index (χ0n) is 14.6. The maximum absolute atomic E-state index is 12.7. The van der Waals surface area contributed by atoms with Gasteiger partial charge in [-0.3, -0.25) is 15.1 Å². The van der Waals surface area contributed by atoms with E-state index in [1.54, 1.807) is 6.20 Å². The number of amides is 1. The van der Waals surface area contributed by atoms with E-state index in [1.165, 1.54) is 5.56 Å². The number of anilines is 1. The first kappa shape index (κ1) is 15.9. The molecule has 0 radical (unpaired) electrons. The number of aliphatic imine (C=N–C) groups is 1. The van der Waals surface area contributed by atoms with E-state index in [1.807, 2.05) is 42.6 Å². The molecule has 5 rings (SSSR count). The first-order valence-corrected chi connectivity index (χ1v) is 9.00. The number of allylic oxidation sites excluding steroid dienone is 1. The Kier molecular flexibility index (Phi) is 3.80. The second-order valence-electron chi connectivity index (χ2n) is 6.79. The van der Waals surface area contributed by atoms with E-state index >= 15 is 0 Å². The van der Waals surface area contributed by atoms with Crippen molar-refractivity contribution < 1.29 is 4.79 Å². The van der Waals surface area contributed by atoms with Gasteiger partial charge in [-0.1, -0.05) is 42.5 Å². The highest BCUT2D eigenvalue weighted by molar-refractivity contribution is 6.12. The first-order chi connectivity index (χ1) is 13.3. The molecular formula is C22H18N4O. The van der Waals surface area contributed by atoms with E-state index in [9.17, 15) is 4.79 Å². The fourth-order valence-electron chi connectivity index (χ4n) is 3.67. The van der Waals surface area contributed by atoms with Crippen molar-refractivity contribution in [1.29, 1.82) is 0 Å². The van der Waals surface area contributed by atoms with E-state index in [0.717, 1.165) is 34.0 Å². The van der Waals surface area contributed by atoms with Gasteiger partial charge >= 0.3 is 0 Å². The molecule has 0 saturated heterocycles. The molecule has 1 amide bonds. The number of nitrogens with zero attached hydrogens (tertiary/aromatic N) is 2. The first-order valence-electron chi connectivity index (χ1n) is 9.00. The van der Waals surface area contributed by atoms with Crippen molar-refractivity contribution in [2.24, 2.45) is 4.99 Å². The van der Waals surface area contributed by atoms with Crippen molar-refractivity contribution in [1.82, 2.24) is 10.3 Å². The average Bonchev–Trinajstić information content (AvgIpc) is 3.37. The van der Waals surface area contributed by atoms with Crippen LogP contribution in [0.15, 0.2) is 65.8 Å². The highest BCUT2D eigenvalue weighted by atomic mass is 16.2. The molecule has 0 aliphatic carbocycles. The van der Waals surface area contributed by atoms with Gasteiger partial charge in [-0.05, 0) is 39.8 Å². The van der Waals surface area contributed by atoms with Gasteiger partial charge in [0.15, 0.2) is 0 Å². The summed E-state index contributed by atoms with van der Waals surface area (Å²) >= 11 is 0. The van der Waals surface area contributed by atoms with Gasteiger partial charge in [0.05, 0.1) is 6.54 Å². The summed E-state index contributed by atoms with van der Waals surface area (Å²) in [6.07, 6.45) is 5.80. The Morgan fingerprint density at radius 3 is 2.93 bits per heavy atom. The van der Waals surface area contributed by atoms with Crippen LogP contribution in [-0.2, 0) is 11.3 Å². The molecule has 1 aromatic heterocycles. The lowest BCUT2D eigenvalue weighted by atomic mass is 10.0. The van der Waals surface area contributed by atoms with Crippen molar-refractivity contribution in [3.63, 3.8) is 0 Å². The number of rotatable bonds is 3. The number of hydrogen-bond acceptors (Lipinski definition) is 4. The maximum Gasteiger partial charge on any atom is 0.247 e. The van der Waals surface area contributed by atoms with Crippen LogP contribution < -0.4 is 10.6 Å². The van der Waals surface area contributed by atoms with Gasteiger partial charge in [-0.2, -0.15) is 0 Å². The fraction of sp³-hybridized carbons (Fsp3) is 0.136. The Morgan fingerprint density at radius 2 is 2.04 bits per heavy atom. The lowest BCUT2D eigenvalue weighted by molar-refractivity contribution is -0.118. The third-order valence-electron chi connectivity index (χ3n) is 5.08. The average molecular weight is 354 g/mol. The number of carbonyl (C=O) groups is 1. The molecule has 5 nitrogen and oxygen atoms in total. The Hall–Kier alpha value is -3.31. The number of pyridine rings is 1. The van der Waals surface area contributed by atoms with Crippen LogP contribution in [0.3, 0.4) is 0 Å². The molecule has 0 spiro atoms. The highest BCUT2D eigenvalue weighted by Gasteiger charge is 2.27. The summed E-state index contributed by atoms with van der Waals surface area (Å²) in [6, 6.07) is 15.8. The molecule has 2 aliphatic heterocycles. The Balaban J connectivity index is 1.42. The summed E-state index contributed by atoms with van der Waals surface area (Å²) in [5.41, 5.74) is 4.45. The number of nitrogens with one attached hydrogen (secondary N) is 2. The normalized spacial score (nSPS) is 17.8. The van der Waals surface area contributed by atoms with Gasteiger partial charge in [0.1, 0.15) is 11.9 Å². The summed E-state index contributed by atoms with van der Waals surface area (Å²) in [4.78, 5) is 21.4.